The van der Waals surface area contributed by atoms with Gasteiger partial charge in [-0.1, -0.05) is 0 Å². The maximum atomic E-state index is 12.7. The maximum Gasteiger partial charge on any atom is 0.274 e. The van der Waals surface area contributed by atoms with Gasteiger partial charge < -0.3 is 14.8 Å². The quantitative estimate of drug-likeness (QED) is 0.415. The lowest BCUT2D eigenvalue weighted by Gasteiger charge is -2.13. The van der Waals surface area contributed by atoms with Crippen LogP contribution in [0.1, 0.15) is 38.0 Å². The minimum atomic E-state index is -0.766. The second-order valence-corrected chi connectivity index (χ2v) is 5.28. The standard InChI is InChI=1S/C18H18N2O6/c1-10(21)11-4-7-16(26-3)14(9-11)19-18(23)13-8-12(17(22)20-24)5-6-15(13)25-2/h4-9,24H,1-3H3,(H,19,23)(H,20,22). The highest BCUT2D eigenvalue weighted by molar-refractivity contribution is 6.09. The van der Waals surface area contributed by atoms with Crippen molar-refractivity contribution in [3.63, 3.8) is 0 Å². The van der Waals surface area contributed by atoms with Crippen LogP contribution in [-0.4, -0.2) is 37.0 Å². The molecule has 0 aliphatic carbocycles. The molecule has 8 heteroatoms. The van der Waals surface area contributed by atoms with Gasteiger partial charge >= 0.3 is 0 Å². The third-order valence-corrected chi connectivity index (χ3v) is 3.66. The van der Waals surface area contributed by atoms with Crippen LogP contribution in [0.25, 0.3) is 0 Å². The van der Waals surface area contributed by atoms with Gasteiger partial charge in [0.05, 0.1) is 25.5 Å². The highest BCUT2D eigenvalue weighted by Gasteiger charge is 2.18. The summed E-state index contributed by atoms with van der Waals surface area (Å²) >= 11 is 0. The lowest BCUT2D eigenvalue weighted by molar-refractivity contribution is 0.0706. The van der Waals surface area contributed by atoms with Crippen molar-refractivity contribution in [2.45, 2.75) is 6.92 Å². The molecule has 8 nitrogen and oxygen atoms in total. The van der Waals surface area contributed by atoms with Crippen LogP contribution < -0.4 is 20.3 Å². The molecule has 0 bridgehead atoms. The van der Waals surface area contributed by atoms with Crippen LogP contribution >= 0.6 is 0 Å². The third-order valence-electron chi connectivity index (χ3n) is 3.66. The minimum absolute atomic E-state index is 0.0721. The molecule has 0 aliphatic rings. The Bertz CT molecular complexity index is 863. The van der Waals surface area contributed by atoms with Crippen LogP contribution in [0.3, 0.4) is 0 Å². The van der Waals surface area contributed by atoms with E-state index >= 15 is 0 Å². The summed E-state index contributed by atoms with van der Waals surface area (Å²) in [6, 6.07) is 8.76. The van der Waals surface area contributed by atoms with Gasteiger partial charge in [-0.25, -0.2) is 5.48 Å². The summed E-state index contributed by atoms with van der Waals surface area (Å²) in [5.41, 5.74) is 2.35. The molecule has 26 heavy (non-hydrogen) atoms. The number of nitrogens with one attached hydrogen (secondary N) is 2. The fourth-order valence-corrected chi connectivity index (χ4v) is 2.31. The molecule has 2 aromatic rings. The fourth-order valence-electron chi connectivity index (χ4n) is 2.31. The molecule has 0 aliphatic heterocycles. The summed E-state index contributed by atoms with van der Waals surface area (Å²) in [5.74, 6) is -0.904. The van der Waals surface area contributed by atoms with E-state index in [2.05, 4.69) is 5.32 Å². The maximum absolute atomic E-state index is 12.7. The molecule has 2 rings (SSSR count). The summed E-state index contributed by atoms with van der Waals surface area (Å²) in [6.45, 7) is 1.41. The Balaban J connectivity index is 2.42. The average Bonchev–Trinajstić information content (AvgIpc) is 2.66. The van der Waals surface area contributed by atoms with Gasteiger partial charge in [-0.05, 0) is 43.3 Å². The highest BCUT2D eigenvalue weighted by atomic mass is 16.5. The van der Waals surface area contributed by atoms with E-state index in [1.54, 1.807) is 12.1 Å². The van der Waals surface area contributed by atoms with E-state index in [0.29, 0.717) is 17.0 Å². The molecule has 3 N–H and O–H groups in total. The normalized spacial score (nSPS) is 10.0. The number of ether oxygens (including phenoxy) is 2. The van der Waals surface area contributed by atoms with Crippen molar-refractivity contribution in [3.8, 4) is 11.5 Å². The van der Waals surface area contributed by atoms with E-state index in [9.17, 15) is 14.4 Å². The van der Waals surface area contributed by atoms with Gasteiger partial charge in [0, 0.05) is 11.1 Å². The van der Waals surface area contributed by atoms with Gasteiger partial charge in [0.15, 0.2) is 5.78 Å². The Morgan fingerprint density at radius 1 is 0.885 bits per heavy atom. The zero-order chi connectivity index (χ0) is 19.3. The van der Waals surface area contributed by atoms with E-state index < -0.39 is 11.8 Å². The van der Waals surface area contributed by atoms with E-state index in [0.717, 1.165) is 0 Å². The Morgan fingerprint density at radius 3 is 2.08 bits per heavy atom. The van der Waals surface area contributed by atoms with Crippen LogP contribution in [0.2, 0.25) is 0 Å². The molecule has 0 heterocycles. The summed E-state index contributed by atoms with van der Waals surface area (Å²) < 4.78 is 10.3. The molecule has 0 aromatic heterocycles. The Kier molecular flexibility index (Phi) is 5.92. The van der Waals surface area contributed by atoms with Gasteiger partial charge in [-0.15, -0.1) is 0 Å². The number of amides is 2. The number of rotatable bonds is 6. The van der Waals surface area contributed by atoms with Crippen molar-refractivity contribution in [1.82, 2.24) is 5.48 Å². The molecule has 0 atom stereocenters. The Morgan fingerprint density at radius 2 is 1.50 bits per heavy atom. The number of carbonyl (C=O) groups excluding carboxylic acids is 3. The van der Waals surface area contributed by atoms with E-state index in [1.807, 2.05) is 0 Å². The predicted octanol–water partition coefficient (Wildman–Crippen LogP) is 2.28. The van der Waals surface area contributed by atoms with Crippen molar-refractivity contribution < 1.29 is 29.1 Å². The second-order valence-electron chi connectivity index (χ2n) is 5.28. The number of methoxy groups -OCH3 is 2. The van der Waals surface area contributed by atoms with Crippen molar-refractivity contribution in [1.29, 1.82) is 0 Å². The number of Topliss-reactive ketones (excluding diaryl/α,β-unsaturated/α-hetero) is 1. The number of carbonyl (C=O) groups is 3. The first-order valence-electron chi connectivity index (χ1n) is 7.54. The molecule has 0 radical (unpaired) electrons. The lowest BCUT2D eigenvalue weighted by atomic mass is 10.1. The first-order chi connectivity index (χ1) is 12.4. The number of hydroxylamine groups is 1. The van der Waals surface area contributed by atoms with Crippen LogP contribution in [-0.2, 0) is 0 Å². The van der Waals surface area contributed by atoms with Gasteiger partial charge in [-0.2, -0.15) is 0 Å². The number of anilines is 1. The van der Waals surface area contributed by atoms with E-state index in [4.69, 9.17) is 14.7 Å². The third kappa shape index (κ3) is 3.98. The van der Waals surface area contributed by atoms with Crippen LogP contribution in [0.4, 0.5) is 5.69 Å². The predicted molar refractivity (Wildman–Crippen MR) is 93.2 cm³/mol. The summed E-state index contributed by atoms with van der Waals surface area (Å²) in [4.78, 5) is 35.8. The molecular weight excluding hydrogens is 340 g/mol. The van der Waals surface area contributed by atoms with Crippen molar-refractivity contribution in [2.75, 3.05) is 19.5 Å². The number of ketones is 1. The zero-order valence-electron chi connectivity index (χ0n) is 14.5. The molecule has 0 saturated heterocycles. The second kappa shape index (κ2) is 8.13. The molecule has 0 unspecified atom stereocenters. The Hall–Kier alpha value is -3.39. The number of benzene rings is 2. The van der Waals surface area contributed by atoms with Gasteiger partial charge in [-0.3, -0.25) is 19.6 Å². The largest absolute Gasteiger partial charge is 0.496 e. The number of hydrogen-bond donors (Lipinski definition) is 3. The molecule has 0 spiro atoms. The molecule has 136 valence electrons. The van der Waals surface area contributed by atoms with Gasteiger partial charge in [0.25, 0.3) is 11.8 Å². The highest BCUT2D eigenvalue weighted by Crippen LogP contribution is 2.28. The first kappa shape index (κ1) is 18.9. The zero-order valence-corrected chi connectivity index (χ0v) is 14.5. The monoisotopic (exact) mass is 358 g/mol. The smallest absolute Gasteiger partial charge is 0.274 e. The molecular formula is C18H18N2O6. The fraction of sp³-hybridized carbons (Fsp3) is 0.167. The van der Waals surface area contributed by atoms with Gasteiger partial charge in [0.2, 0.25) is 0 Å². The first-order valence-corrected chi connectivity index (χ1v) is 7.54. The summed E-state index contributed by atoms with van der Waals surface area (Å²) in [5, 5.41) is 11.4. The van der Waals surface area contributed by atoms with E-state index in [1.165, 1.54) is 50.9 Å². The van der Waals surface area contributed by atoms with Crippen molar-refractivity contribution in [3.05, 3.63) is 53.1 Å². The summed E-state index contributed by atoms with van der Waals surface area (Å²) in [7, 11) is 2.82. The van der Waals surface area contributed by atoms with Crippen LogP contribution in [0.5, 0.6) is 11.5 Å². The van der Waals surface area contributed by atoms with Crippen molar-refractivity contribution in [2.24, 2.45) is 0 Å². The lowest BCUT2D eigenvalue weighted by Crippen LogP contribution is -2.20. The summed E-state index contributed by atoms with van der Waals surface area (Å²) in [6.07, 6.45) is 0. The SMILES string of the molecule is COc1ccc(C(C)=O)cc1NC(=O)c1cc(C(=O)NO)ccc1OC. The topological polar surface area (TPSA) is 114 Å². The van der Waals surface area contributed by atoms with Gasteiger partial charge in [0.1, 0.15) is 11.5 Å². The average molecular weight is 358 g/mol. The molecule has 2 aromatic carbocycles. The minimum Gasteiger partial charge on any atom is -0.496 e. The van der Waals surface area contributed by atoms with Crippen LogP contribution in [0, 0.1) is 0 Å². The van der Waals surface area contributed by atoms with Crippen molar-refractivity contribution >= 4 is 23.3 Å². The molecule has 2 amide bonds. The molecule has 0 saturated carbocycles. The number of hydrogen-bond acceptors (Lipinski definition) is 6. The van der Waals surface area contributed by atoms with E-state index in [-0.39, 0.29) is 22.7 Å². The molecule has 0 fully saturated rings. The van der Waals surface area contributed by atoms with Crippen LogP contribution in [0.15, 0.2) is 36.4 Å². The Labute approximate surface area is 149 Å².